The summed E-state index contributed by atoms with van der Waals surface area (Å²) >= 11 is 1.95. The van der Waals surface area contributed by atoms with Crippen LogP contribution in [-0.2, 0) is 0 Å². The van der Waals surface area contributed by atoms with Gasteiger partial charge in [-0.05, 0) is 41.8 Å². The Hall–Kier alpha value is -2.39. The van der Waals surface area contributed by atoms with Crippen molar-refractivity contribution in [1.29, 1.82) is 0 Å². The van der Waals surface area contributed by atoms with E-state index in [1.165, 1.54) is 21.7 Å². The molecule has 4 rings (SSSR count). The fourth-order valence-electron chi connectivity index (χ4n) is 3.28. The van der Waals surface area contributed by atoms with Gasteiger partial charge in [0.05, 0.1) is 13.2 Å². The Kier molecular flexibility index (Phi) is 4.66. The monoisotopic (exact) mass is 347 g/mol. The van der Waals surface area contributed by atoms with Crippen molar-refractivity contribution in [2.75, 3.05) is 12.4 Å². The minimum absolute atomic E-state index is 0.271. The van der Waals surface area contributed by atoms with Gasteiger partial charge >= 0.3 is 0 Å². The van der Waals surface area contributed by atoms with E-state index in [0.29, 0.717) is 5.25 Å². The van der Waals surface area contributed by atoms with Crippen LogP contribution in [0.1, 0.15) is 28.8 Å². The fourth-order valence-corrected chi connectivity index (χ4v) is 4.58. The molecule has 3 heteroatoms. The number of ether oxygens (including phenoxy) is 1. The number of nitrogens with one attached hydrogen (secondary N) is 1. The third kappa shape index (κ3) is 3.52. The largest absolute Gasteiger partial charge is 0.497 e. The van der Waals surface area contributed by atoms with Crippen LogP contribution in [0.5, 0.6) is 5.75 Å². The summed E-state index contributed by atoms with van der Waals surface area (Å²) in [5.41, 5.74) is 3.88. The molecule has 2 nitrogen and oxygen atoms in total. The second-order valence-electron chi connectivity index (χ2n) is 6.22. The van der Waals surface area contributed by atoms with Crippen molar-refractivity contribution in [2.45, 2.75) is 22.6 Å². The zero-order chi connectivity index (χ0) is 17.1. The van der Waals surface area contributed by atoms with Crippen LogP contribution in [0, 0.1) is 0 Å². The van der Waals surface area contributed by atoms with Gasteiger partial charge in [0.25, 0.3) is 0 Å². The molecule has 0 bridgehead atoms. The van der Waals surface area contributed by atoms with Crippen LogP contribution in [0.3, 0.4) is 0 Å². The van der Waals surface area contributed by atoms with Gasteiger partial charge in [-0.1, -0.05) is 54.6 Å². The topological polar surface area (TPSA) is 21.3 Å². The SMILES string of the molecule is COc1ccc([C@H]2C[C@H](c3ccccc3)Sc3ccccc3N2)cc1. The standard InChI is InChI=1S/C22H21NOS/c1-24-18-13-11-16(12-14-18)20-15-22(17-7-3-2-4-8-17)25-21-10-6-5-9-19(21)23-20/h2-14,20,22-23H,15H2,1H3/t20-,22-/m1/s1. The Morgan fingerprint density at radius 2 is 1.56 bits per heavy atom. The maximum Gasteiger partial charge on any atom is 0.118 e. The Labute approximate surface area is 153 Å². The number of benzene rings is 3. The highest BCUT2D eigenvalue weighted by Gasteiger charge is 2.25. The molecule has 0 saturated carbocycles. The molecule has 0 unspecified atom stereocenters. The number of anilines is 1. The molecule has 3 aromatic rings. The van der Waals surface area contributed by atoms with E-state index < -0.39 is 0 Å². The van der Waals surface area contributed by atoms with Crippen LogP contribution < -0.4 is 10.1 Å². The first kappa shape index (κ1) is 16.1. The third-order valence-corrected chi connectivity index (χ3v) is 5.98. The predicted molar refractivity (Wildman–Crippen MR) is 105 cm³/mol. The summed E-state index contributed by atoms with van der Waals surface area (Å²) in [6, 6.07) is 28.1. The van der Waals surface area contributed by atoms with Crippen LogP contribution in [0.25, 0.3) is 0 Å². The second-order valence-corrected chi connectivity index (χ2v) is 7.46. The molecule has 1 heterocycles. The highest BCUT2D eigenvalue weighted by Crippen LogP contribution is 2.48. The van der Waals surface area contributed by atoms with Crippen molar-refractivity contribution in [3.05, 3.63) is 90.0 Å². The quantitative estimate of drug-likeness (QED) is 0.620. The molecule has 0 fully saturated rings. The van der Waals surface area contributed by atoms with Gasteiger partial charge in [0.2, 0.25) is 0 Å². The molecule has 1 N–H and O–H groups in total. The molecule has 3 aromatic carbocycles. The van der Waals surface area contributed by atoms with Crippen LogP contribution in [-0.4, -0.2) is 7.11 Å². The van der Waals surface area contributed by atoms with Crippen molar-refractivity contribution in [3.8, 4) is 5.75 Å². The predicted octanol–water partition coefficient (Wildman–Crippen LogP) is 6.09. The zero-order valence-electron chi connectivity index (χ0n) is 14.2. The number of thioether (sulfide) groups is 1. The fraction of sp³-hybridized carbons (Fsp3) is 0.182. The number of fused-ring (bicyclic) bond motifs is 1. The van der Waals surface area contributed by atoms with E-state index in [0.717, 1.165) is 12.2 Å². The molecule has 1 aliphatic rings. The minimum Gasteiger partial charge on any atom is -0.497 e. The molecule has 2 atom stereocenters. The number of hydrogen-bond acceptors (Lipinski definition) is 3. The first-order valence-electron chi connectivity index (χ1n) is 8.54. The van der Waals surface area contributed by atoms with Crippen LogP contribution in [0.2, 0.25) is 0 Å². The Morgan fingerprint density at radius 1 is 0.840 bits per heavy atom. The van der Waals surface area contributed by atoms with Crippen molar-refractivity contribution < 1.29 is 4.74 Å². The van der Waals surface area contributed by atoms with Gasteiger partial charge in [-0.2, -0.15) is 0 Å². The average Bonchev–Trinajstić information content (AvgIpc) is 2.88. The van der Waals surface area contributed by atoms with Gasteiger partial charge in [-0.25, -0.2) is 0 Å². The molecule has 0 saturated heterocycles. The lowest BCUT2D eigenvalue weighted by atomic mass is 9.98. The molecular formula is C22H21NOS. The lowest BCUT2D eigenvalue weighted by molar-refractivity contribution is 0.414. The number of hydrogen-bond donors (Lipinski definition) is 1. The van der Waals surface area contributed by atoms with Gasteiger partial charge in [0.15, 0.2) is 0 Å². The van der Waals surface area contributed by atoms with Crippen molar-refractivity contribution >= 4 is 17.4 Å². The highest BCUT2D eigenvalue weighted by molar-refractivity contribution is 7.99. The number of para-hydroxylation sites is 1. The average molecular weight is 347 g/mol. The number of methoxy groups -OCH3 is 1. The Bertz CT molecular complexity index is 832. The summed E-state index contributed by atoms with van der Waals surface area (Å²) in [5, 5.41) is 4.17. The van der Waals surface area contributed by atoms with E-state index in [-0.39, 0.29) is 6.04 Å². The second kappa shape index (κ2) is 7.24. The Morgan fingerprint density at radius 3 is 2.32 bits per heavy atom. The lowest BCUT2D eigenvalue weighted by Crippen LogP contribution is -2.11. The summed E-state index contributed by atoms with van der Waals surface area (Å²) < 4.78 is 5.30. The van der Waals surface area contributed by atoms with Crippen molar-refractivity contribution in [3.63, 3.8) is 0 Å². The molecule has 1 aliphatic heterocycles. The summed E-state index contributed by atoms with van der Waals surface area (Å²) in [5.74, 6) is 0.895. The van der Waals surface area contributed by atoms with Crippen LogP contribution >= 0.6 is 11.8 Å². The van der Waals surface area contributed by atoms with Crippen molar-refractivity contribution in [2.24, 2.45) is 0 Å². The lowest BCUT2D eigenvalue weighted by Gasteiger charge is -2.22. The van der Waals surface area contributed by atoms with Crippen molar-refractivity contribution in [1.82, 2.24) is 0 Å². The van der Waals surface area contributed by atoms with E-state index in [4.69, 9.17) is 4.74 Å². The van der Waals surface area contributed by atoms with E-state index in [1.54, 1.807) is 7.11 Å². The smallest absolute Gasteiger partial charge is 0.118 e. The van der Waals surface area contributed by atoms with Gasteiger partial charge in [-0.3, -0.25) is 0 Å². The van der Waals surface area contributed by atoms with Crippen LogP contribution in [0.15, 0.2) is 83.8 Å². The molecule has 0 aromatic heterocycles. The molecule has 25 heavy (non-hydrogen) atoms. The molecular weight excluding hydrogens is 326 g/mol. The first-order valence-corrected chi connectivity index (χ1v) is 9.42. The molecule has 0 amide bonds. The summed E-state index contributed by atoms with van der Waals surface area (Å²) in [6.07, 6.45) is 1.04. The van der Waals surface area contributed by atoms with E-state index in [9.17, 15) is 0 Å². The summed E-state index contributed by atoms with van der Waals surface area (Å²) in [6.45, 7) is 0. The van der Waals surface area contributed by atoms with Crippen LogP contribution in [0.4, 0.5) is 5.69 Å². The van der Waals surface area contributed by atoms with E-state index >= 15 is 0 Å². The molecule has 0 spiro atoms. The Balaban J connectivity index is 1.71. The minimum atomic E-state index is 0.271. The normalized spacial score (nSPS) is 19.4. The third-order valence-electron chi connectivity index (χ3n) is 4.63. The molecule has 0 aliphatic carbocycles. The van der Waals surface area contributed by atoms with Gasteiger partial charge < -0.3 is 10.1 Å². The molecule has 0 radical (unpaired) electrons. The van der Waals surface area contributed by atoms with Gasteiger partial charge in [-0.15, -0.1) is 11.8 Å². The summed E-state index contributed by atoms with van der Waals surface area (Å²) in [4.78, 5) is 1.31. The maximum atomic E-state index is 5.30. The summed E-state index contributed by atoms with van der Waals surface area (Å²) in [7, 11) is 1.71. The van der Waals surface area contributed by atoms with E-state index in [2.05, 4.69) is 72.0 Å². The molecule has 126 valence electrons. The zero-order valence-corrected chi connectivity index (χ0v) is 15.0. The maximum absolute atomic E-state index is 5.30. The van der Waals surface area contributed by atoms with Gasteiger partial charge in [0.1, 0.15) is 5.75 Å². The van der Waals surface area contributed by atoms with Gasteiger partial charge in [0, 0.05) is 15.8 Å². The van der Waals surface area contributed by atoms with E-state index in [1.807, 2.05) is 23.9 Å². The highest BCUT2D eigenvalue weighted by atomic mass is 32.2. The first-order chi connectivity index (χ1) is 12.3. The number of rotatable bonds is 3.